The van der Waals surface area contributed by atoms with E-state index in [4.69, 9.17) is 15.2 Å². The van der Waals surface area contributed by atoms with Gasteiger partial charge in [0.15, 0.2) is 0 Å². The van der Waals surface area contributed by atoms with Crippen molar-refractivity contribution in [1.29, 1.82) is 0 Å². The first-order valence-electron chi connectivity index (χ1n) is 7.03. The van der Waals surface area contributed by atoms with Gasteiger partial charge in [-0.05, 0) is 37.1 Å². The molecular weight excluding hydrogens is 278 g/mol. The van der Waals surface area contributed by atoms with Crippen molar-refractivity contribution in [3.05, 3.63) is 48.0 Å². The van der Waals surface area contributed by atoms with Crippen LogP contribution in [0, 0.1) is 0 Å². The molecule has 0 unspecified atom stereocenters. The van der Waals surface area contributed by atoms with Gasteiger partial charge in [-0.15, -0.1) is 0 Å². The summed E-state index contributed by atoms with van der Waals surface area (Å²) in [6.45, 7) is 3.64. The Bertz CT molecular complexity index is 675. The van der Waals surface area contributed by atoms with Crippen molar-refractivity contribution in [3.63, 3.8) is 0 Å². The molecule has 2 aromatic carbocycles. The molecule has 0 heterocycles. The lowest BCUT2D eigenvalue weighted by atomic mass is 9.83. The number of nitrogens with two attached hydrogens (primary N) is 1. The second-order valence-electron chi connectivity index (χ2n) is 5.63. The highest BCUT2D eigenvalue weighted by atomic mass is 16.5. The number of carbonyl (C=O) groups is 1. The van der Waals surface area contributed by atoms with Crippen LogP contribution in [0.25, 0.3) is 11.1 Å². The fourth-order valence-electron chi connectivity index (χ4n) is 2.25. The van der Waals surface area contributed by atoms with Gasteiger partial charge in [-0.2, -0.15) is 0 Å². The molecule has 1 amide bonds. The number of primary amides is 1. The molecule has 22 heavy (non-hydrogen) atoms. The standard InChI is InChI=1S/C18H21NO3/c1-18(2,17(19)20)13-7-5-12(6-8-13)15-10-9-14(21-3)11-16(15)22-4/h5-11H,1-4H3,(H2,19,20). The van der Waals surface area contributed by atoms with E-state index in [1.54, 1.807) is 14.2 Å². The molecule has 2 N–H and O–H groups in total. The van der Waals surface area contributed by atoms with E-state index in [0.29, 0.717) is 0 Å². The van der Waals surface area contributed by atoms with Crippen molar-refractivity contribution in [3.8, 4) is 22.6 Å². The van der Waals surface area contributed by atoms with Crippen LogP contribution in [0.1, 0.15) is 19.4 Å². The lowest BCUT2D eigenvalue weighted by Crippen LogP contribution is -2.35. The van der Waals surface area contributed by atoms with Crippen LogP contribution in [0.15, 0.2) is 42.5 Å². The molecule has 0 saturated heterocycles. The molecular formula is C18H21NO3. The third-order valence-corrected chi connectivity index (χ3v) is 3.94. The number of carbonyl (C=O) groups excluding carboxylic acids is 1. The SMILES string of the molecule is COc1ccc(-c2ccc(C(C)(C)C(N)=O)cc2)c(OC)c1. The first kappa shape index (κ1) is 15.9. The maximum absolute atomic E-state index is 11.5. The van der Waals surface area contributed by atoms with E-state index in [2.05, 4.69) is 0 Å². The van der Waals surface area contributed by atoms with Gasteiger partial charge in [0.25, 0.3) is 0 Å². The van der Waals surface area contributed by atoms with Gasteiger partial charge in [0.1, 0.15) is 11.5 Å². The Balaban J connectivity index is 2.41. The van der Waals surface area contributed by atoms with Crippen LogP contribution in [0.5, 0.6) is 11.5 Å². The fraction of sp³-hybridized carbons (Fsp3) is 0.278. The third-order valence-electron chi connectivity index (χ3n) is 3.94. The predicted molar refractivity (Wildman–Crippen MR) is 87.2 cm³/mol. The first-order valence-corrected chi connectivity index (χ1v) is 7.03. The van der Waals surface area contributed by atoms with Crippen LogP contribution in [0.2, 0.25) is 0 Å². The highest BCUT2D eigenvalue weighted by Crippen LogP contribution is 2.34. The number of benzene rings is 2. The van der Waals surface area contributed by atoms with Gasteiger partial charge >= 0.3 is 0 Å². The zero-order valence-electron chi connectivity index (χ0n) is 13.3. The zero-order chi connectivity index (χ0) is 16.3. The summed E-state index contributed by atoms with van der Waals surface area (Å²) in [4.78, 5) is 11.5. The molecule has 0 aliphatic rings. The minimum atomic E-state index is -0.692. The maximum Gasteiger partial charge on any atom is 0.227 e. The Kier molecular flexibility index (Phi) is 4.40. The van der Waals surface area contributed by atoms with Crippen LogP contribution in [0.3, 0.4) is 0 Å². The summed E-state index contributed by atoms with van der Waals surface area (Å²) in [7, 11) is 3.25. The number of methoxy groups -OCH3 is 2. The van der Waals surface area contributed by atoms with Gasteiger partial charge in [-0.25, -0.2) is 0 Å². The maximum atomic E-state index is 11.5. The van der Waals surface area contributed by atoms with Gasteiger partial charge < -0.3 is 15.2 Å². The zero-order valence-corrected chi connectivity index (χ0v) is 13.3. The van der Waals surface area contributed by atoms with Crippen molar-refractivity contribution in [2.45, 2.75) is 19.3 Å². The number of hydrogen-bond acceptors (Lipinski definition) is 3. The highest BCUT2D eigenvalue weighted by molar-refractivity contribution is 5.86. The summed E-state index contributed by atoms with van der Waals surface area (Å²) in [5.74, 6) is 1.13. The molecule has 2 aromatic rings. The van der Waals surface area contributed by atoms with E-state index in [-0.39, 0.29) is 5.91 Å². The monoisotopic (exact) mass is 299 g/mol. The van der Waals surface area contributed by atoms with Gasteiger partial charge in [-0.1, -0.05) is 24.3 Å². The van der Waals surface area contributed by atoms with Crippen LogP contribution in [-0.4, -0.2) is 20.1 Å². The van der Waals surface area contributed by atoms with Gasteiger partial charge in [0.05, 0.1) is 19.6 Å². The van der Waals surface area contributed by atoms with E-state index in [0.717, 1.165) is 28.2 Å². The Morgan fingerprint density at radius 2 is 1.64 bits per heavy atom. The summed E-state index contributed by atoms with van der Waals surface area (Å²) in [5, 5.41) is 0. The molecule has 0 bridgehead atoms. The highest BCUT2D eigenvalue weighted by Gasteiger charge is 2.27. The molecule has 0 aliphatic heterocycles. The topological polar surface area (TPSA) is 61.5 Å². The van der Waals surface area contributed by atoms with Gasteiger partial charge in [0.2, 0.25) is 5.91 Å². The second kappa shape index (κ2) is 6.10. The summed E-state index contributed by atoms with van der Waals surface area (Å²) in [6.07, 6.45) is 0. The Hall–Kier alpha value is -2.49. The quantitative estimate of drug-likeness (QED) is 0.922. The predicted octanol–water partition coefficient (Wildman–Crippen LogP) is 3.13. The molecule has 4 heteroatoms. The molecule has 0 aliphatic carbocycles. The summed E-state index contributed by atoms with van der Waals surface area (Å²) in [6, 6.07) is 13.4. The molecule has 0 radical (unpaired) electrons. The van der Waals surface area contributed by atoms with E-state index < -0.39 is 5.41 Å². The largest absolute Gasteiger partial charge is 0.497 e. The number of rotatable bonds is 5. The third kappa shape index (κ3) is 2.91. The van der Waals surface area contributed by atoms with E-state index in [9.17, 15) is 4.79 Å². The Morgan fingerprint density at radius 1 is 1.00 bits per heavy atom. The molecule has 0 aromatic heterocycles. The molecule has 116 valence electrons. The summed E-state index contributed by atoms with van der Waals surface area (Å²) in [5.41, 5.74) is 7.62. The van der Waals surface area contributed by atoms with Gasteiger partial charge in [0, 0.05) is 11.6 Å². The van der Waals surface area contributed by atoms with E-state index >= 15 is 0 Å². The van der Waals surface area contributed by atoms with Crippen molar-refractivity contribution >= 4 is 5.91 Å². The molecule has 0 atom stereocenters. The van der Waals surface area contributed by atoms with Crippen molar-refractivity contribution in [2.24, 2.45) is 5.73 Å². The second-order valence-corrected chi connectivity index (χ2v) is 5.63. The number of ether oxygens (including phenoxy) is 2. The minimum absolute atomic E-state index is 0.345. The van der Waals surface area contributed by atoms with Gasteiger partial charge in [-0.3, -0.25) is 4.79 Å². The van der Waals surface area contributed by atoms with Crippen molar-refractivity contribution < 1.29 is 14.3 Å². The van der Waals surface area contributed by atoms with E-state index in [1.165, 1.54) is 0 Å². The molecule has 4 nitrogen and oxygen atoms in total. The first-order chi connectivity index (χ1) is 10.4. The van der Waals surface area contributed by atoms with Crippen molar-refractivity contribution in [2.75, 3.05) is 14.2 Å². The van der Waals surface area contributed by atoms with Crippen LogP contribution >= 0.6 is 0 Å². The molecule has 0 saturated carbocycles. The average Bonchev–Trinajstić information content (AvgIpc) is 2.54. The molecule has 0 spiro atoms. The summed E-state index contributed by atoms with van der Waals surface area (Å²) >= 11 is 0. The number of amides is 1. The molecule has 2 rings (SSSR count). The smallest absolute Gasteiger partial charge is 0.227 e. The lowest BCUT2D eigenvalue weighted by Gasteiger charge is -2.21. The Labute approximate surface area is 130 Å². The van der Waals surface area contributed by atoms with E-state index in [1.807, 2.05) is 56.3 Å². The molecule has 0 fully saturated rings. The summed E-state index contributed by atoms with van der Waals surface area (Å²) < 4.78 is 10.6. The minimum Gasteiger partial charge on any atom is -0.497 e. The van der Waals surface area contributed by atoms with Crippen LogP contribution in [-0.2, 0) is 10.2 Å². The fourth-order valence-corrected chi connectivity index (χ4v) is 2.25. The van der Waals surface area contributed by atoms with Crippen LogP contribution in [0.4, 0.5) is 0 Å². The van der Waals surface area contributed by atoms with Crippen LogP contribution < -0.4 is 15.2 Å². The lowest BCUT2D eigenvalue weighted by molar-refractivity contribution is -0.122. The van der Waals surface area contributed by atoms with Crippen molar-refractivity contribution in [1.82, 2.24) is 0 Å². The number of hydrogen-bond donors (Lipinski definition) is 1. The normalized spacial score (nSPS) is 11.1. The Morgan fingerprint density at radius 3 is 2.14 bits per heavy atom. The average molecular weight is 299 g/mol.